The number of ether oxygens (including phenoxy) is 1. The minimum Gasteiger partial charge on any atom is -0.465 e. The maximum absolute atomic E-state index is 11.5. The largest absolute Gasteiger partial charge is 0.465 e. The van der Waals surface area contributed by atoms with E-state index in [9.17, 15) is 4.79 Å². The fourth-order valence-corrected chi connectivity index (χ4v) is 2.83. The molecule has 1 heterocycles. The Kier molecular flexibility index (Phi) is 5.82. The summed E-state index contributed by atoms with van der Waals surface area (Å²) in [5.41, 5.74) is 4.46. The van der Waals surface area contributed by atoms with Crippen LogP contribution >= 0.6 is 0 Å². The van der Waals surface area contributed by atoms with Gasteiger partial charge in [0.1, 0.15) is 5.82 Å². The maximum atomic E-state index is 11.5. The Balaban J connectivity index is 1.75. The van der Waals surface area contributed by atoms with Crippen LogP contribution in [0.1, 0.15) is 42.4 Å². The van der Waals surface area contributed by atoms with Crippen molar-refractivity contribution in [3.63, 3.8) is 0 Å². The van der Waals surface area contributed by atoms with Crippen molar-refractivity contribution < 1.29 is 9.53 Å². The number of hydrogen-bond donors (Lipinski definition) is 2. The number of nitrogens with one attached hydrogen (secondary N) is 2. The Morgan fingerprint density at radius 3 is 2.07 bits per heavy atom. The van der Waals surface area contributed by atoms with E-state index in [0.717, 1.165) is 17.1 Å². The van der Waals surface area contributed by atoms with Gasteiger partial charge in [0.05, 0.1) is 12.7 Å². The van der Waals surface area contributed by atoms with Crippen molar-refractivity contribution in [3.05, 3.63) is 71.4 Å². The first-order chi connectivity index (χ1) is 13.7. The molecule has 2 N–H and O–H groups in total. The zero-order valence-electron chi connectivity index (χ0n) is 17.4. The monoisotopic (exact) mass is 390 g/mol. The lowest BCUT2D eigenvalue weighted by molar-refractivity contribution is 0.0601. The van der Waals surface area contributed by atoms with Crippen LogP contribution in [0.5, 0.6) is 0 Å². The first kappa shape index (κ1) is 20.3. The van der Waals surface area contributed by atoms with Crippen molar-refractivity contribution in [3.8, 4) is 0 Å². The summed E-state index contributed by atoms with van der Waals surface area (Å²) in [7, 11) is 1.36. The number of rotatable bonds is 5. The highest BCUT2D eigenvalue weighted by Crippen LogP contribution is 2.25. The highest BCUT2D eigenvalue weighted by Gasteiger charge is 2.13. The normalized spacial score (nSPS) is 11.1. The van der Waals surface area contributed by atoms with Crippen LogP contribution in [0, 0.1) is 6.92 Å². The first-order valence-electron chi connectivity index (χ1n) is 9.43. The summed E-state index contributed by atoms with van der Waals surface area (Å²) < 4.78 is 4.72. The van der Waals surface area contributed by atoms with Crippen LogP contribution in [0.4, 0.5) is 23.1 Å². The second-order valence-corrected chi connectivity index (χ2v) is 7.86. The minimum absolute atomic E-state index is 0.116. The third-order valence-corrected chi connectivity index (χ3v) is 4.44. The summed E-state index contributed by atoms with van der Waals surface area (Å²) >= 11 is 0. The standard InChI is InChI=1S/C23H26N4O2/c1-15-14-20(25-18-12-8-17(9-13-18)23(2,3)4)27-22(24-15)26-19-10-6-16(7-11-19)21(28)29-5/h6-14H,1-5H3,(H2,24,25,26,27). The van der Waals surface area contributed by atoms with Gasteiger partial charge in [-0.15, -0.1) is 0 Å². The number of aryl methyl sites for hydroxylation is 1. The smallest absolute Gasteiger partial charge is 0.337 e. The van der Waals surface area contributed by atoms with Crippen LogP contribution in [-0.4, -0.2) is 23.0 Å². The molecule has 6 heteroatoms. The van der Waals surface area contributed by atoms with Gasteiger partial charge in [0.15, 0.2) is 0 Å². The number of nitrogens with zero attached hydrogens (tertiary/aromatic N) is 2. The van der Waals surface area contributed by atoms with E-state index < -0.39 is 0 Å². The van der Waals surface area contributed by atoms with Crippen LogP contribution in [0.3, 0.4) is 0 Å². The number of carbonyl (C=O) groups excluding carboxylic acids is 1. The van der Waals surface area contributed by atoms with Gasteiger partial charge >= 0.3 is 5.97 Å². The quantitative estimate of drug-likeness (QED) is 0.572. The third-order valence-electron chi connectivity index (χ3n) is 4.44. The summed E-state index contributed by atoms with van der Waals surface area (Å²) in [4.78, 5) is 20.5. The molecule has 29 heavy (non-hydrogen) atoms. The molecule has 1 aromatic heterocycles. The van der Waals surface area contributed by atoms with Crippen LogP contribution in [0.15, 0.2) is 54.6 Å². The van der Waals surface area contributed by atoms with Gasteiger partial charge in [0, 0.05) is 23.1 Å². The molecule has 0 saturated heterocycles. The Bertz CT molecular complexity index is 991. The van der Waals surface area contributed by atoms with E-state index in [0.29, 0.717) is 17.3 Å². The molecule has 0 atom stereocenters. The van der Waals surface area contributed by atoms with E-state index in [4.69, 9.17) is 4.74 Å². The molecule has 0 aliphatic rings. The number of esters is 1. The fraction of sp³-hybridized carbons (Fsp3) is 0.261. The fourth-order valence-electron chi connectivity index (χ4n) is 2.83. The second-order valence-electron chi connectivity index (χ2n) is 7.86. The van der Waals surface area contributed by atoms with Crippen molar-refractivity contribution in [1.82, 2.24) is 9.97 Å². The molecule has 0 aliphatic carbocycles. The van der Waals surface area contributed by atoms with Gasteiger partial charge in [-0.1, -0.05) is 32.9 Å². The molecule has 3 rings (SSSR count). The van der Waals surface area contributed by atoms with Gasteiger partial charge in [-0.2, -0.15) is 4.98 Å². The number of carbonyl (C=O) groups is 1. The van der Waals surface area contributed by atoms with Crippen molar-refractivity contribution >= 4 is 29.1 Å². The summed E-state index contributed by atoms with van der Waals surface area (Å²) in [6.45, 7) is 8.50. The van der Waals surface area contributed by atoms with Gasteiger partial charge in [-0.05, 0) is 54.3 Å². The molecule has 0 aliphatic heterocycles. The van der Waals surface area contributed by atoms with E-state index in [1.54, 1.807) is 24.3 Å². The topological polar surface area (TPSA) is 76.1 Å². The maximum Gasteiger partial charge on any atom is 0.337 e. The number of aromatic nitrogens is 2. The Morgan fingerprint density at radius 2 is 1.48 bits per heavy atom. The van der Waals surface area contributed by atoms with E-state index in [-0.39, 0.29) is 11.4 Å². The lowest BCUT2D eigenvalue weighted by Gasteiger charge is -2.19. The van der Waals surface area contributed by atoms with Gasteiger partial charge in [0.25, 0.3) is 0 Å². The molecular formula is C23H26N4O2. The molecule has 6 nitrogen and oxygen atoms in total. The van der Waals surface area contributed by atoms with Crippen molar-refractivity contribution in [2.24, 2.45) is 0 Å². The molecule has 0 fully saturated rings. The van der Waals surface area contributed by atoms with Gasteiger partial charge < -0.3 is 15.4 Å². The highest BCUT2D eigenvalue weighted by atomic mass is 16.5. The summed E-state index contributed by atoms with van der Waals surface area (Å²) in [6, 6.07) is 17.2. The molecule has 0 amide bonds. The Labute approximate surface area is 171 Å². The molecule has 150 valence electrons. The number of benzene rings is 2. The zero-order valence-corrected chi connectivity index (χ0v) is 17.4. The molecule has 3 aromatic rings. The van der Waals surface area contributed by atoms with Crippen LogP contribution in [0.2, 0.25) is 0 Å². The van der Waals surface area contributed by atoms with Crippen molar-refractivity contribution in [2.45, 2.75) is 33.1 Å². The lowest BCUT2D eigenvalue weighted by Crippen LogP contribution is -2.10. The SMILES string of the molecule is COC(=O)c1ccc(Nc2nc(C)cc(Nc3ccc(C(C)(C)C)cc3)n2)cc1. The number of anilines is 4. The van der Waals surface area contributed by atoms with E-state index in [2.05, 4.69) is 65.6 Å². The van der Waals surface area contributed by atoms with Gasteiger partial charge in [-0.3, -0.25) is 0 Å². The minimum atomic E-state index is -0.368. The third kappa shape index (κ3) is 5.31. The van der Waals surface area contributed by atoms with E-state index in [1.807, 2.05) is 13.0 Å². The molecule has 0 unspecified atom stereocenters. The van der Waals surface area contributed by atoms with Crippen molar-refractivity contribution in [1.29, 1.82) is 0 Å². The Hall–Kier alpha value is -3.41. The molecule has 0 spiro atoms. The Morgan fingerprint density at radius 1 is 0.897 bits per heavy atom. The zero-order chi connectivity index (χ0) is 21.0. The van der Waals surface area contributed by atoms with Crippen molar-refractivity contribution in [2.75, 3.05) is 17.7 Å². The van der Waals surface area contributed by atoms with E-state index >= 15 is 0 Å². The average Bonchev–Trinajstić information content (AvgIpc) is 2.67. The first-order valence-corrected chi connectivity index (χ1v) is 9.43. The number of methoxy groups -OCH3 is 1. The lowest BCUT2D eigenvalue weighted by atomic mass is 9.87. The summed E-state index contributed by atoms with van der Waals surface area (Å²) in [6.07, 6.45) is 0. The van der Waals surface area contributed by atoms with E-state index in [1.165, 1.54) is 12.7 Å². The van der Waals surface area contributed by atoms with Gasteiger partial charge in [-0.25, -0.2) is 9.78 Å². The molecule has 0 saturated carbocycles. The molecular weight excluding hydrogens is 364 g/mol. The predicted octanol–water partition coefficient (Wildman–Crippen LogP) is 5.36. The van der Waals surface area contributed by atoms with Gasteiger partial charge in [0.2, 0.25) is 5.95 Å². The summed E-state index contributed by atoms with van der Waals surface area (Å²) in [5.74, 6) is 0.812. The second kappa shape index (κ2) is 8.31. The molecule has 2 aromatic carbocycles. The van der Waals surface area contributed by atoms with Crippen LogP contribution in [0.25, 0.3) is 0 Å². The number of hydrogen-bond acceptors (Lipinski definition) is 6. The average molecular weight is 390 g/mol. The highest BCUT2D eigenvalue weighted by molar-refractivity contribution is 5.89. The summed E-state index contributed by atoms with van der Waals surface area (Å²) in [5, 5.41) is 6.50. The molecule has 0 radical (unpaired) electrons. The van der Waals surface area contributed by atoms with Crippen LogP contribution < -0.4 is 10.6 Å². The molecule has 0 bridgehead atoms. The predicted molar refractivity (Wildman–Crippen MR) is 116 cm³/mol. The van der Waals surface area contributed by atoms with Crippen LogP contribution in [-0.2, 0) is 10.2 Å².